The van der Waals surface area contributed by atoms with E-state index in [0.29, 0.717) is 39.3 Å². The molecule has 0 fully saturated rings. The van der Waals surface area contributed by atoms with Gasteiger partial charge in [0.2, 0.25) is 0 Å². The van der Waals surface area contributed by atoms with Gasteiger partial charge in [-0.25, -0.2) is 9.59 Å². The maximum Gasteiger partial charge on any atom is 0.342 e. The SMILES string of the molecule is CC(O)C(=O)Oc1ccc2ccccc2c1.CCOCOC(=O)c1ccccc1Nc1c(Cl)ccc(C)c1Cl. The Balaban J connectivity index is 0.000000230. The third-order valence-electron chi connectivity index (χ3n) is 5.45. The first-order valence-corrected chi connectivity index (χ1v) is 12.9. The van der Waals surface area contributed by atoms with Gasteiger partial charge < -0.3 is 24.6 Å². The van der Waals surface area contributed by atoms with Crippen LogP contribution in [-0.4, -0.2) is 36.5 Å². The Morgan fingerprint density at radius 2 is 1.64 bits per heavy atom. The number of para-hydroxylation sites is 1. The lowest BCUT2D eigenvalue weighted by atomic mass is 10.1. The van der Waals surface area contributed by atoms with Crippen LogP contribution in [0.25, 0.3) is 10.8 Å². The quantitative estimate of drug-likeness (QED) is 0.0992. The lowest BCUT2D eigenvalue weighted by Gasteiger charge is -2.15. The summed E-state index contributed by atoms with van der Waals surface area (Å²) in [4.78, 5) is 23.3. The van der Waals surface area contributed by atoms with Gasteiger partial charge in [0.05, 0.1) is 27.0 Å². The second kappa shape index (κ2) is 14.5. The number of aliphatic hydroxyl groups excluding tert-OH is 1. The van der Waals surface area contributed by atoms with Crippen LogP contribution >= 0.6 is 23.2 Å². The number of carbonyl (C=O) groups is 2. The highest BCUT2D eigenvalue weighted by Gasteiger charge is 2.16. The lowest BCUT2D eigenvalue weighted by Crippen LogP contribution is -2.22. The van der Waals surface area contributed by atoms with Gasteiger partial charge in [-0.15, -0.1) is 0 Å². The van der Waals surface area contributed by atoms with Crippen molar-refractivity contribution in [1.82, 2.24) is 0 Å². The van der Waals surface area contributed by atoms with Crippen LogP contribution in [0.1, 0.15) is 29.8 Å². The summed E-state index contributed by atoms with van der Waals surface area (Å²) in [6.45, 7) is 5.47. The second-order valence-electron chi connectivity index (χ2n) is 8.37. The van der Waals surface area contributed by atoms with Gasteiger partial charge >= 0.3 is 11.9 Å². The van der Waals surface area contributed by atoms with Crippen LogP contribution < -0.4 is 10.1 Å². The number of ether oxygens (including phenoxy) is 3. The molecule has 4 rings (SSSR count). The molecule has 0 aliphatic carbocycles. The third kappa shape index (κ3) is 8.43. The zero-order chi connectivity index (χ0) is 28.4. The molecule has 0 saturated heterocycles. The molecule has 204 valence electrons. The number of aryl methyl sites for hydroxylation is 1. The van der Waals surface area contributed by atoms with E-state index in [1.807, 2.05) is 50.2 Å². The lowest BCUT2D eigenvalue weighted by molar-refractivity contribution is -0.142. The zero-order valence-corrected chi connectivity index (χ0v) is 23.3. The molecule has 1 unspecified atom stereocenters. The summed E-state index contributed by atoms with van der Waals surface area (Å²) in [5.74, 6) is -0.679. The number of anilines is 2. The van der Waals surface area contributed by atoms with Crippen LogP contribution in [0.4, 0.5) is 11.4 Å². The Morgan fingerprint density at radius 3 is 2.36 bits per heavy atom. The van der Waals surface area contributed by atoms with E-state index >= 15 is 0 Å². The highest BCUT2D eigenvalue weighted by atomic mass is 35.5. The number of benzene rings is 4. The predicted molar refractivity (Wildman–Crippen MR) is 154 cm³/mol. The number of halogens is 2. The molecule has 0 radical (unpaired) electrons. The average molecular weight is 570 g/mol. The number of nitrogens with one attached hydrogen (secondary N) is 1. The van der Waals surface area contributed by atoms with Crippen LogP contribution in [0.15, 0.2) is 78.9 Å². The van der Waals surface area contributed by atoms with Crippen molar-refractivity contribution in [1.29, 1.82) is 0 Å². The van der Waals surface area contributed by atoms with E-state index in [2.05, 4.69) is 5.32 Å². The molecule has 0 saturated carbocycles. The minimum Gasteiger partial charge on any atom is -0.435 e. The summed E-state index contributed by atoms with van der Waals surface area (Å²) in [5.41, 5.74) is 2.37. The summed E-state index contributed by atoms with van der Waals surface area (Å²) in [5, 5.41) is 15.2. The molecule has 0 heterocycles. The number of rotatable bonds is 8. The molecular weight excluding hydrogens is 541 g/mol. The molecule has 1 atom stereocenters. The Morgan fingerprint density at radius 1 is 0.949 bits per heavy atom. The molecule has 9 heteroatoms. The number of hydrogen-bond donors (Lipinski definition) is 2. The Bertz CT molecular complexity index is 1440. The molecule has 4 aromatic carbocycles. The molecule has 7 nitrogen and oxygen atoms in total. The van der Waals surface area contributed by atoms with Gasteiger partial charge in [0.15, 0.2) is 6.79 Å². The van der Waals surface area contributed by atoms with E-state index < -0.39 is 18.0 Å². The molecule has 0 aromatic heterocycles. The van der Waals surface area contributed by atoms with Crippen LogP contribution in [0.5, 0.6) is 5.75 Å². The summed E-state index contributed by atoms with van der Waals surface area (Å²) in [7, 11) is 0. The first-order chi connectivity index (χ1) is 18.7. The average Bonchev–Trinajstić information content (AvgIpc) is 2.93. The van der Waals surface area contributed by atoms with Crippen LogP contribution in [0.3, 0.4) is 0 Å². The smallest absolute Gasteiger partial charge is 0.342 e. The minimum absolute atomic E-state index is 0.0877. The van der Waals surface area contributed by atoms with Gasteiger partial charge in [-0.1, -0.05) is 71.7 Å². The largest absolute Gasteiger partial charge is 0.435 e. The van der Waals surface area contributed by atoms with E-state index in [0.717, 1.165) is 16.3 Å². The second-order valence-corrected chi connectivity index (χ2v) is 9.16. The minimum atomic E-state index is -1.11. The van der Waals surface area contributed by atoms with Crippen molar-refractivity contribution in [3.8, 4) is 5.75 Å². The fourth-order valence-electron chi connectivity index (χ4n) is 3.36. The molecule has 39 heavy (non-hydrogen) atoms. The van der Waals surface area contributed by atoms with Gasteiger partial charge in [-0.05, 0) is 67.4 Å². The van der Waals surface area contributed by atoms with Crippen molar-refractivity contribution in [2.45, 2.75) is 26.9 Å². The molecule has 0 spiro atoms. The molecule has 0 amide bonds. The fourth-order valence-corrected chi connectivity index (χ4v) is 3.83. The number of fused-ring (bicyclic) bond motifs is 1. The highest BCUT2D eigenvalue weighted by molar-refractivity contribution is 6.39. The van der Waals surface area contributed by atoms with Crippen molar-refractivity contribution in [3.05, 3.63) is 100 Å². The first-order valence-electron chi connectivity index (χ1n) is 12.1. The molecule has 0 aliphatic rings. The van der Waals surface area contributed by atoms with E-state index in [4.69, 9.17) is 42.5 Å². The fraction of sp³-hybridized carbons (Fsp3) is 0.200. The third-order valence-corrected chi connectivity index (χ3v) is 6.25. The van der Waals surface area contributed by atoms with Crippen molar-refractivity contribution in [3.63, 3.8) is 0 Å². The van der Waals surface area contributed by atoms with Gasteiger partial charge in [-0.2, -0.15) is 0 Å². The van der Waals surface area contributed by atoms with Crippen LogP contribution in [0, 0.1) is 6.92 Å². The molecule has 0 bridgehead atoms. The topological polar surface area (TPSA) is 94.1 Å². The number of hydrogen-bond acceptors (Lipinski definition) is 7. The molecular formula is C30H29Cl2NO6. The van der Waals surface area contributed by atoms with Gasteiger partial charge in [0.1, 0.15) is 11.9 Å². The van der Waals surface area contributed by atoms with E-state index in [1.54, 1.807) is 42.5 Å². The predicted octanol–water partition coefficient (Wildman–Crippen LogP) is 7.32. The Kier molecular flexibility index (Phi) is 11.1. The van der Waals surface area contributed by atoms with E-state index in [9.17, 15) is 9.59 Å². The molecule has 2 N–H and O–H groups in total. The zero-order valence-electron chi connectivity index (χ0n) is 21.7. The number of esters is 2. The summed E-state index contributed by atoms with van der Waals surface area (Å²) in [6.07, 6.45) is -1.11. The summed E-state index contributed by atoms with van der Waals surface area (Å²) < 4.78 is 15.1. The normalized spacial score (nSPS) is 11.2. The first kappa shape index (κ1) is 29.9. The number of aliphatic hydroxyl groups is 1. The molecule has 4 aromatic rings. The molecule has 0 aliphatic heterocycles. The van der Waals surface area contributed by atoms with Gasteiger partial charge in [-0.3, -0.25) is 0 Å². The summed E-state index contributed by atoms with van der Waals surface area (Å²) >= 11 is 12.5. The van der Waals surface area contributed by atoms with E-state index in [-0.39, 0.29) is 6.79 Å². The Labute approximate surface area is 237 Å². The van der Waals surface area contributed by atoms with Crippen molar-refractivity contribution < 1.29 is 28.9 Å². The van der Waals surface area contributed by atoms with Gasteiger partial charge in [0, 0.05) is 6.61 Å². The number of carbonyl (C=O) groups excluding carboxylic acids is 2. The van der Waals surface area contributed by atoms with Crippen molar-refractivity contribution in [2.24, 2.45) is 0 Å². The van der Waals surface area contributed by atoms with E-state index in [1.165, 1.54) is 6.92 Å². The summed E-state index contributed by atoms with van der Waals surface area (Å²) in [6, 6.07) is 23.7. The van der Waals surface area contributed by atoms with Crippen molar-refractivity contribution in [2.75, 3.05) is 18.7 Å². The monoisotopic (exact) mass is 569 g/mol. The van der Waals surface area contributed by atoms with Crippen molar-refractivity contribution >= 4 is 57.3 Å². The maximum absolute atomic E-state index is 12.2. The standard InChI is InChI=1S/C17H17Cl2NO3.C13H12O3/c1-3-22-10-23-17(21)12-6-4-5-7-14(12)20-16-13(18)9-8-11(2)15(16)19;1-9(14)13(15)16-12-7-6-10-4-2-3-5-11(10)8-12/h4-9,20H,3,10H2,1-2H3;2-9,14H,1H3. The van der Waals surface area contributed by atoms with Crippen LogP contribution in [-0.2, 0) is 14.3 Å². The van der Waals surface area contributed by atoms with Gasteiger partial charge in [0.25, 0.3) is 0 Å². The van der Waals surface area contributed by atoms with Crippen LogP contribution in [0.2, 0.25) is 10.0 Å². The Hall–Kier alpha value is -3.62. The maximum atomic E-state index is 12.2. The highest BCUT2D eigenvalue weighted by Crippen LogP contribution is 2.36.